The van der Waals surface area contributed by atoms with E-state index in [2.05, 4.69) is 4.90 Å². The predicted molar refractivity (Wildman–Crippen MR) is 42.2 cm³/mol. The first-order valence-corrected chi connectivity index (χ1v) is 3.91. The van der Waals surface area contributed by atoms with Gasteiger partial charge in [0.1, 0.15) is 6.23 Å². The Kier molecular flexibility index (Phi) is 3.79. The van der Waals surface area contributed by atoms with Crippen LogP contribution in [0.2, 0.25) is 0 Å². The molecule has 0 aromatic rings. The zero-order valence-corrected chi connectivity index (χ0v) is 6.95. The summed E-state index contributed by atoms with van der Waals surface area (Å²) < 4.78 is 10.1. The van der Waals surface area contributed by atoms with Crippen molar-refractivity contribution in [3.63, 3.8) is 0 Å². The zero-order chi connectivity index (χ0) is 8.10. The third-order valence-corrected chi connectivity index (χ3v) is 1.79. The number of nitrogens with two attached hydrogens (primary N) is 1. The summed E-state index contributed by atoms with van der Waals surface area (Å²) in [5.41, 5.74) is 5.59. The largest absolute Gasteiger partial charge is 0.383 e. The first-order chi connectivity index (χ1) is 5.33. The maximum atomic E-state index is 5.59. The molecule has 0 aromatic heterocycles. The lowest BCUT2D eigenvalue weighted by Gasteiger charge is -2.30. The van der Waals surface area contributed by atoms with Crippen molar-refractivity contribution in [3.8, 4) is 0 Å². The summed E-state index contributed by atoms with van der Waals surface area (Å²) >= 11 is 0. The van der Waals surface area contributed by atoms with E-state index < -0.39 is 0 Å². The summed E-state index contributed by atoms with van der Waals surface area (Å²) in [4.78, 5) is 2.25. The normalized spacial score (nSPS) is 27.3. The maximum Gasteiger partial charge on any atom is 0.118 e. The molecule has 1 aliphatic rings. The standard InChI is InChI=1S/C7H16N2O2/c1-10-4-2-9-3-5-11-7(8)6-9/h7H,2-6,8H2,1H3. The highest BCUT2D eigenvalue weighted by Crippen LogP contribution is 1.99. The average Bonchev–Trinajstić information content (AvgIpc) is 2.01. The molecule has 1 unspecified atom stereocenters. The highest BCUT2D eigenvalue weighted by Gasteiger charge is 2.15. The number of rotatable bonds is 3. The minimum Gasteiger partial charge on any atom is -0.383 e. The Bertz CT molecular complexity index is 111. The van der Waals surface area contributed by atoms with Gasteiger partial charge in [0.2, 0.25) is 0 Å². The summed E-state index contributed by atoms with van der Waals surface area (Å²) in [6.07, 6.45) is -0.111. The molecule has 2 N–H and O–H groups in total. The van der Waals surface area contributed by atoms with Gasteiger partial charge >= 0.3 is 0 Å². The van der Waals surface area contributed by atoms with E-state index >= 15 is 0 Å². The first-order valence-electron chi connectivity index (χ1n) is 3.91. The van der Waals surface area contributed by atoms with E-state index in [1.54, 1.807) is 7.11 Å². The summed E-state index contributed by atoms with van der Waals surface area (Å²) in [5.74, 6) is 0. The molecular formula is C7H16N2O2. The van der Waals surface area contributed by atoms with Crippen LogP contribution in [0.3, 0.4) is 0 Å². The lowest BCUT2D eigenvalue weighted by Crippen LogP contribution is -2.47. The van der Waals surface area contributed by atoms with E-state index in [1.165, 1.54) is 0 Å². The number of morpholine rings is 1. The smallest absolute Gasteiger partial charge is 0.118 e. The van der Waals surface area contributed by atoms with Gasteiger partial charge in [-0.1, -0.05) is 0 Å². The van der Waals surface area contributed by atoms with Crippen molar-refractivity contribution >= 4 is 0 Å². The van der Waals surface area contributed by atoms with Crippen LogP contribution < -0.4 is 5.73 Å². The highest BCUT2D eigenvalue weighted by atomic mass is 16.5. The molecule has 4 heteroatoms. The van der Waals surface area contributed by atoms with E-state index in [0.29, 0.717) is 0 Å². The van der Waals surface area contributed by atoms with Crippen molar-refractivity contribution in [1.82, 2.24) is 4.90 Å². The van der Waals surface area contributed by atoms with Gasteiger partial charge in [0.25, 0.3) is 0 Å². The Hall–Kier alpha value is -0.160. The molecular weight excluding hydrogens is 144 g/mol. The third kappa shape index (κ3) is 3.16. The second-order valence-corrected chi connectivity index (χ2v) is 2.70. The lowest BCUT2D eigenvalue weighted by atomic mass is 10.4. The van der Waals surface area contributed by atoms with Crippen LogP contribution in [-0.2, 0) is 9.47 Å². The van der Waals surface area contributed by atoms with Crippen molar-refractivity contribution in [1.29, 1.82) is 0 Å². The van der Waals surface area contributed by atoms with Crippen LogP contribution in [0, 0.1) is 0 Å². The molecule has 0 aromatic carbocycles. The SMILES string of the molecule is COCCN1CCOC(N)C1. The van der Waals surface area contributed by atoms with Gasteiger partial charge in [0.05, 0.1) is 13.2 Å². The molecule has 1 saturated heterocycles. The molecule has 1 atom stereocenters. The van der Waals surface area contributed by atoms with Crippen LogP contribution in [0.4, 0.5) is 0 Å². The quantitative estimate of drug-likeness (QED) is 0.590. The van der Waals surface area contributed by atoms with Crippen LogP contribution in [0.15, 0.2) is 0 Å². The Morgan fingerprint density at radius 3 is 3.18 bits per heavy atom. The molecule has 0 aliphatic carbocycles. The Morgan fingerprint density at radius 1 is 1.73 bits per heavy atom. The molecule has 0 saturated carbocycles. The molecule has 66 valence electrons. The van der Waals surface area contributed by atoms with Gasteiger partial charge in [-0.2, -0.15) is 0 Å². The molecule has 0 bridgehead atoms. The van der Waals surface area contributed by atoms with Gasteiger partial charge < -0.3 is 15.2 Å². The van der Waals surface area contributed by atoms with E-state index in [9.17, 15) is 0 Å². The van der Waals surface area contributed by atoms with Crippen molar-refractivity contribution in [2.24, 2.45) is 5.73 Å². The number of methoxy groups -OCH3 is 1. The molecule has 0 radical (unpaired) electrons. The van der Waals surface area contributed by atoms with Crippen molar-refractivity contribution in [2.45, 2.75) is 6.23 Å². The van der Waals surface area contributed by atoms with Crippen molar-refractivity contribution in [3.05, 3.63) is 0 Å². The fourth-order valence-corrected chi connectivity index (χ4v) is 1.16. The molecule has 0 spiro atoms. The maximum absolute atomic E-state index is 5.59. The van der Waals surface area contributed by atoms with Gasteiger partial charge in [-0.3, -0.25) is 4.90 Å². The first kappa shape index (κ1) is 8.93. The van der Waals surface area contributed by atoms with E-state index in [0.717, 1.165) is 32.8 Å². The molecule has 1 aliphatic heterocycles. The van der Waals surface area contributed by atoms with E-state index in [-0.39, 0.29) is 6.23 Å². The summed E-state index contributed by atoms with van der Waals surface area (Å²) in [5, 5.41) is 0. The van der Waals surface area contributed by atoms with Crippen LogP contribution in [0.1, 0.15) is 0 Å². The van der Waals surface area contributed by atoms with Crippen LogP contribution >= 0.6 is 0 Å². The van der Waals surface area contributed by atoms with E-state index in [4.69, 9.17) is 15.2 Å². The Balaban J connectivity index is 2.12. The minimum absolute atomic E-state index is 0.111. The fourth-order valence-electron chi connectivity index (χ4n) is 1.16. The second kappa shape index (κ2) is 4.66. The van der Waals surface area contributed by atoms with Crippen LogP contribution in [0.25, 0.3) is 0 Å². The van der Waals surface area contributed by atoms with Gasteiger partial charge in [0, 0.05) is 26.7 Å². The predicted octanol–water partition coefficient (Wildman–Crippen LogP) is -0.750. The van der Waals surface area contributed by atoms with E-state index in [1.807, 2.05) is 0 Å². The molecule has 11 heavy (non-hydrogen) atoms. The van der Waals surface area contributed by atoms with Gasteiger partial charge in [-0.25, -0.2) is 0 Å². The number of hydrogen-bond donors (Lipinski definition) is 1. The Morgan fingerprint density at radius 2 is 2.55 bits per heavy atom. The number of ether oxygens (including phenoxy) is 2. The topological polar surface area (TPSA) is 47.7 Å². The molecule has 1 fully saturated rings. The van der Waals surface area contributed by atoms with Crippen molar-refractivity contribution in [2.75, 3.05) is 40.0 Å². The van der Waals surface area contributed by atoms with Gasteiger partial charge in [-0.05, 0) is 0 Å². The molecule has 4 nitrogen and oxygen atoms in total. The Labute approximate surface area is 67.2 Å². The minimum atomic E-state index is -0.111. The summed E-state index contributed by atoms with van der Waals surface area (Å²) in [6, 6.07) is 0. The third-order valence-electron chi connectivity index (χ3n) is 1.79. The fraction of sp³-hybridized carbons (Fsp3) is 1.00. The second-order valence-electron chi connectivity index (χ2n) is 2.70. The number of hydrogen-bond acceptors (Lipinski definition) is 4. The van der Waals surface area contributed by atoms with Gasteiger partial charge in [-0.15, -0.1) is 0 Å². The summed E-state index contributed by atoms with van der Waals surface area (Å²) in [6.45, 7) is 4.26. The molecule has 0 amide bonds. The van der Waals surface area contributed by atoms with Crippen LogP contribution in [-0.4, -0.2) is 51.1 Å². The highest BCUT2D eigenvalue weighted by molar-refractivity contribution is 4.66. The number of nitrogens with zero attached hydrogens (tertiary/aromatic N) is 1. The molecule has 1 rings (SSSR count). The average molecular weight is 160 g/mol. The summed E-state index contributed by atoms with van der Waals surface area (Å²) in [7, 11) is 1.71. The molecule has 1 heterocycles. The van der Waals surface area contributed by atoms with Gasteiger partial charge in [0.15, 0.2) is 0 Å². The van der Waals surface area contributed by atoms with Crippen molar-refractivity contribution < 1.29 is 9.47 Å². The monoisotopic (exact) mass is 160 g/mol. The lowest BCUT2D eigenvalue weighted by molar-refractivity contribution is -0.0304. The zero-order valence-electron chi connectivity index (χ0n) is 6.95. The van der Waals surface area contributed by atoms with Crippen LogP contribution in [0.5, 0.6) is 0 Å².